The van der Waals surface area contributed by atoms with E-state index < -0.39 is 0 Å². The molecular weight excluding hydrogens is 356 g/mol. The summed E-state index contributed by atoms with van der Waals surface area (Å²) in [6, 6.07) is 17.5. The fraction of sp³-hybridized carbons (Fsp3) is 0.143. The molecule has 7 nitrogen and oxygen atoms in total. The van der Waals surface area contributed by atoms with Crippen LogP contribution >= 0.6 is 0 Å². The number of hydrogen-bond donors (Lipinski definition) is 2. The van der Waals surface area contributed by atoms with Crippen molar-refractivity contribution in [3.05, 3.63) is 71.9 Å². The van der Waals surface area contributed by atoms with Crippen LogP contribution in [0.15, 0.2) is 60.7 Å². The Kier molecular flexibility index (Phi) is 5.96. The molecule has 2 aromatic carbocycles. The zero-order valence-electron chi connectivity index (χ0n) is 15.6. The Labute approximate surface area is 162 Å². The van der Waals surface area contributed by atoms with Crippen LogP contribution in [-0.4, -0.2) is 28.5 Å². The summed E-state index contributed by atoms with van der Waals surface area (Å²) in [5.74, 6) is 0.654. The molecule has 0 unspecified atom stereocenters. The number of anilines is 3. The predicted octanol–water partition coefficient (Wildman–Crippen LogP) is 4.07. The number of ketones is 1. The minimum atomic E-state index is -0.384. The summed E-state index contributed by atoms with van der Waals surface area (Å²) in [6.45, 7) is 3.88. The molecule has 1 amide bonds. The lowest BCUT2D eigenvalue weighted by Crippen LogP contribution is -2.15. The van der Waals surface area contributed by atoms with Gasteiger partial charge in [0.15, 0.2) is 17.3 Å². The van der Waals surface area contributed by atoms with Gasteiger partial charge in [0.25, 0.3) is 5.91 Å². The molecule has 0 aliphatic rings. The van der Waals surface area contributed by atoms with E-state index in [4.69, 9.17) is 4.74 Å². The Morgan fingerprint density at radius 3 is 2.54 bits per heavy atom. The van der Waals surface area contributed by atoms with Gasteiger partial charge in [-0.25, -0.2) is 0 Å². The third-order valence-electron chi connectivity index (χ3n) is 3.87. The number of nitrogens with one attached hydrogen (secondary N) is 2. The smallest absolute Gasteiger partial charge is 0.276 e. The van der Waals surface area contributed by atoms with Gasteiger partial charge in [0.2, 0.25) is 0 Å². The van der Waals surface area contributed by atoms with Crippen molar-refractivity contribution in [2.45, 2.75) is 13.8 Å². The van der Waals surface area contributed by atoms with E-state index in [9.17, 15) is 9.59 Å². The van der Waals surface area contributed by atoms with Crippen LogP contribution in [0.5, 0.6) is 5.75 Å². The third-order valence-corrected chi connectivity index (χ3v) is 3.87. The number of nitrogens with zero attached hydrogens (tertiary/aromatic N) is 2. The fourth-order valence-electron chi connectivity index (χ4n) is 2.52. The van der Waals surface area contributed by atoms with Crippen molar-refractivity contribution in [2.24, 2.45) is 0 Å². The molecule has 2 N–H and O–H groups in total. The van der Waals surface area contributed by atoms with E-state index in [1.54, 1.807) is 42.5 Å². The van der Waals surface area contributed by atoms with E-state index in [2.05, 4.69) is 20.8 Å². The van der Waals surface area contributed by atoms with Gasteiger partial charge in [-0.2, -0.15) is 0 Å². The molecule has 142 valence electrons. The van der Waals surface area contributed by atoms with Crippen LogP contribution in [0, 0.1) is 0 Å². The lowest BCUT2D eigenvalue weighted by molar-refractivity contribution is 0.101. The Morgan fingerprint density at radius 1 is 1.00 bits per heavy atom. The summed E-state index contributed by atoms with van der Waals surface area (Å²) in [5, 5.41) is 13.8. The quantitative estimate of drug-likeness (QED) is 0.604. The molecular formula is C21H20N4O3. The van der Waals surface area contributed by atoms with Crippen molar-refractivity contribution < 1.29 is 14.3 Å². The second-order valence-electron chi connectivity index (χ2n) is 5.95. The number of carbonyl (C=O) groups is 2. The molecule has 0 bridgehead atoms. The topological polar surface area (TPSA) is 93.2 Å². The van der Waals surface area contributed by atoms with E-state index in [1.165, 1.54) is 6.92 Å². The van der Waals surface area contributed by atoms with Crippen molar-refractivity contribution in [2.75, 3.05) is 17.2 Å². The molecule has 1 aromatic heterocycles. The monoisotopic (exact) mass is 376 g/mol. The molecule has 7 heteroatoms. The summed E-state index contributed by atoms with van der Waals surface area (Å²) in [6.07, 6.45) is 0. The minimum absolute atomic E-state index is 0.0194. The van der Waals surface area contributed by atoms with Gasteiger partial charge < -0.3 is 15.4 Å². The van der Waals surface area contributed by atoms with Gasteiger partial charge in [-0.15, -0.1) is 10.2 Å². The first-order valence-corrected chi connectivity index (χ1v) is 8.81. The molecule has 0 aliphatic heterocycles. The van der Waals surface area contributed by atoms with Gasteiger partial charge >= 0.3 is 0 Å². The largest absolute Gasteiger partial charge is 0.492 e. The number of aromatic nitrogens is 2. The second-order valence-corrected chi connectivity index (χ2v) is 5.95. The molecule has 0 saturated heterocycles. The molecule has 1 heterocycles. The highest BCUT2D eigenvalue weighted by molar-refractivity contribution is 6.03. The molecule has 0 spiro atoms. The summed E-state index contributed by atoms with van der Waals surface area (Å²) in [5.41, 5.74) is 2.06. The molecule has 3 aromatic rings. The molecule has 0 saturated carbocycles. The van der Waals surface area contributed by atoms with Crippen LogP contribution in [0.2, 0.25) is 0 Å². The van der Waals surface area contributed by atoms with Crippen LogP contribution in [0.1, 0.15) is 34.7 Å². The summed E-state index contributed by atoms with van der Waals surface area (Å²) in [4.78, 5) is 23.9. The first-order valence-electron chi connectivity index (χ1n) is 8.81. The molecule has 0 aliphatic carbocycles. The number of ether oxygens (including phenoxy) is 1. The Bertz CT molecular complexity index is 987. The SMILES string of the molecule is CCOc1ccccc1NC(=O)c1ccc(Nc2cccc(C(C)=O)c2)nn1. The summed E-state index contributed by atoms with van der Waals surface area (Å²) < 4.78 is 5.50. The maximum absolute atomic E-state index is 12.4. The molecule has 0 atom stereocenters. The van der Waals surface area contributed by atoms with E-state index in [0.717, 1.165) is 0 Å². The van der Waals surface area contributed by atoms with Gasteiger partial charge in [0.05, 0.1) is 12.3 Å². The number of amides is 1. The lowest BCUT2D eigenvalue weighted by atomic mass is 10.1. The maximum Gasteiger partial charge on any atom is 0.276 e. The fourth-order valence-corrected chi connectivity index (χ4v) is 2.52. The van der Waals surface area contributed by atoms with Gasteiger partial charge in [0, 0.05) is 11.3 Å². The highest BCUT2D eigenvalue weighted by Crippen LogP contribution is 2.24. The van der Waals surface area contributed by atoms with Crippen LogP contribution < -0.4 is 15.4 Å². The van der Waals surface area contributed by atoms with Crippen molar-refractivity contribution in [3.8, 4) is 5.75 Å². The van der Waals surface area contributed by atoms with Crippen LogP contribution in [0.25, 0.3) is 0 Å². The second kappa shape index (κ2) is 8.77. The summed E-state index contributed by atoms with van der Waals surface area (Å²) in [7, 11) is 0. The molecule has 0 fully saturated rings. The average Bonchev–Trinajstić information content (AvgIpc) is 2.70. The zero-order chi connectivity index (χ0) is 19.9. The highest BCUT2D eigenvalue weighted by Gasteiger charge is 2.12. The Balaban J connectivity index is 1.70. The number of carbonyl (C=O) groups excluding carboxylic acids is 2. The zero-order valence-corrected chi connectivity index (χ0v) is 15.6. The lowest BCUT2D eigenvalue weighted by Gasteiger charge is -2.11. The number of para-hydroxylation sites is 2. The van der Waals surface area contributed by atoms with E-state index >= 15 is 0 Å². The van der Waals surface area contributed by atoms with Crippen LogP contribution in [0.3, 0.4) is 0 Å². The number of Topliss-reactive ketones (excluding diaryl/α,β-unsaturated/α-hetero) is 1. The van der Waals surface area contributed by atoms with Crippen molar-refractivity contribution >= 4 is 28.9 Å². The first-order chi connectivity index (χ1) is 13.6. The third kappa shape index (κ3) is 4.70. The normalized spacial score (nSPS) is 10.2. The Hall–Kier alpha value is -3.74. The Morgan fingerprint density at radius 2 is 1.82 bits per heavy atom. The van der Waals surface area contributed by atoms with Crippen LogP contribution in [-0.2, 0) is 0 Å². The minimum Gasteiger partial charge on any atom is -0.492 e. The van der Waals surface area contributed by atoms with Crippen molar-refractivity contribution in [1.29, 1.82) is 0 Å². The highest BCUT2D eigenvalue weighted by atomic mass is 16.5. The van der Waals surface area contributed by atoms with Crippen molar-refractivity contribution in [3.63, 3.8) is 0 Å². The van der Waals surface area contributed by atoms with E-state index in [0.29, 0.717) is 35.1 Å². The number of benzene rings is 2. The first kappa shape index (κ1) is 19.0. The maximum atomic E-state index is 12.4. The van der Waals surface area contributed by atoms with Crippen molar-refractivity contribution in [1.82, 2.24) is 10.2 Å². The standard InChI is InChI=1S/C21H20N4O3/c1-3-28-19-10-5-4-9-17(19)23-21(27)18-11-12-20(25-24-18)22-16-8-6-7-15(13-16)14(2)26/h4-13H,3H2,1-2H3,(H,22,25)(H,23,27). The van der Waals surface area contributed by atoms with E-state index in [-0.39, 0.29) is 17.4 Å². The van der Waals surface area contributed by atoms with Gasteiger partial charge in [-0.1, -0.05) is 24.3 Å². The average molecular weight is 376 g/mol. The predicted molar refractivity (Wildman–Crippen MR) is 107 cm³/mol. The van der Waals surface area contributed by atoms with Crippen LogP contribution in [0.4, 0.5) is 17.2 Å². The van der Waals surface area contributed by atoms with Gasteiger partial charge in [0.1, 0.15) is 5.75 Å². The molecule has 3 rings (SSSR count). The van der Waals surface area contributed by atoms with Gasteiger partial charge in [-0.05, 0) is 50.2 Å². The molecule has 28 heavy (non-hydrogen) atoms. The molecule has 0 radical (unpaired) electrons. The van der Waals surface area contributed by atoms with Gasteiger partial charge in [-0.3, -0.25) is 9.59 Å². The number of hydrogen-bond acceptors (Lipinski definition) is 6. The van der Waals surface area contributed by atoms with E-state index in [1.807, 2.05) is 25.1 Å². The summed E-state index contributed by atoms with van der Waals surface area (Å²) >= 11 is 0. The number of rotatable bonds is 7.